The smallest absolute Gasteiger partial charge is 0.264 e. The van der Waals surface area contributed by atoms with Crippen LogP contribution in [0, 0.1) is 13.8 Å². The monoisotopic (exact) mass is 647 g/mol. The Labute approximate surface area is 250 Å². The molecule has 2 amide bonds. The largest absolute Gasteiger partial charge is 0.350 e. The average molecular weight is 649 g/mol. The second-order valence-corrected chi connectivity index (χ2v) is 14.0. The number of nitrogens with one attached hydrogen (secondary N) is 1. The molecule has 3 rings (SSSR count). The summed E-state index contributed by atoms with van der Waals surface area (Å²) in [7, 11) is -4.17. The Morgan fingerprint density at radius 2 is 1.65 bits per heavy atom. The summed E-state index contributed by atoms with van der Waals surface area (Å²) >= 11 is 9.73. The highest BCUT2D eigenvalue weighted by atomic mass is 79.9. The molecular weight excluding hydrogens is 614 g/mol. The van der Waals surface area contributed by atoms with E-state index in [4.69, 9.17) is 11.6 Å². The number of hydrogen-bond donors (Lipinski definition) is 1. The first-order valence-electron chi connectivity index (χ1n) is 12.8. The molecule has 1 N–H and O–H groups in total. The summed E-state index contributed by atoms with van der Waals surface area (Å²) in [5, 5.41) is 3.26. The lowest BCUT2D eigenvalue weighted by Crippen LogP contribution is -2.54. The maximum Gasteiger partial charge on any atom is 0.264 e. The molecule has 0 spiro atoms. The molecule has 1 atom stereocenters. The Morgan fingerprint density at radius 3 is 2.25 bits per heavy atom. The van der Waals surface area contributed by atoms with E-state index in [1.807, 2.05) is 52.0 Å². The highest BCUT2D eigenvalue weighted by Crippen LogP contribution is 2.30. The molecule has 0 aliphatic heterocycles. The van der Waals surface area contributed by atoms with Crippen molar-refractivity contribution in [3.63, 3.8) is 0 Å². The van der Waals surface area contributed by atoms with Gasteiger partial charge in [-0.15, -0.1) is 0 Å². The minimum Gasteiger partial charge on any atom is -0.350 e. The lowest BCUT2D eigenvalue weighted by atomic mass is 10.1. The van der Waals surface area contributed by atoms with E-state index in [-0.39, 0.29) is 23.0 Å². The Kier molecular flexibility index (Phi) is 10.1. The maximum atomic E-state index is 14.1. The van der Waals surface area contributed by atoms with E-state index in [0.29, 0.717) is 10.6 Å². The lowest BCUT2D eigenvalue weighted by Gasteiger charge is -2.34. The second kappa shape index (κ2) is 12.7. The van der Waals surface area contributed by atoms with E-state index in [0.717, 1.165) is 19.9 Å². The van der Waals surface area contributed by atoms with Crippen molar-refractivity contribution in [2.24, 2.45) is 0 Å². The second-order valence-electron chi connectivity index (χ2n) is 10.8. The number of amides is 2. The number of sulfonamides is 1. The van der Waals surface area contributed by atoms with E-state index in [2.05, 4.69) is 21.2 Å². The zero-order valence-corrected chi connectivity index (χ0v) is 26.7. The summed E-state index contributed by atoms with van der Waals surface area (Å²) in [4.78, 5) is 28.7. The minimum atomic E-state index is -4.17. The van der Waals surface area contributed by atoms with E-state index >= 15 is 0 Å². The van der Waals surface area contributed by atoms with Crippen LogP contribution in [0.5, 0.6) is 0 Å². The predicted octanol–water partition coefficient (Wildman–Crippen LogP) is 6.25. The van der Waals surface area contributed by atoms with Crippen molar-refractivity contribution in [1.29, 1.82) is 0 Å². The molecule has 3 aromatic rings. The highest BCUT2D eigenvalue weighted by Gasteiger charge is 2.34. The van der Waals surface area contributed by atoms with Crippen LogP contribution in [0.2, 0.25) is 5.02 Å². The van der Waals surface area contributed by atoms with Crippen LogP contribution in [0.15, 0.2) is 76.1 Å². The zero-order chi connectivity index (χ0) is 29.8. The first-order valence-corrected chi connectivity index (χ1v) is 15.4. The third-order valence-corrected chi connectivity index (χ3v) is 8.74. The molecule has 3 aromatic carbocycles. The summed E-state index contributed by atoms with van der Waals surface area (Å²) in [5.74, 6) is -0.880. The SMILES string of the molecule is Cc1ccc(S(=O)(=O)N(CC(=O)N(Cc2cccc(Br)c2)C(C)C(=O)NC(C)(C)C)c2cc(Cl)ccc2C)cc1. The number of rotatable bonds is 9. The van der Waals surface area contributed by atoms with Gasteiger partial charge in [0.25, 0.3) is 10.0 Å². The van der Waals surface area contributed by atoms with Crippen molar-refractivity contribution in [3.05, 3.63) is 92.9 Å². The quantitative estimate of drug-likeness (QED) is 0.297. The van der Waals surface area contributed by atoms with Gasteiger partial charge in [0.1, 0.15) is 12.6 Å². The van der Waals surface area contributed by atoms with Crippen molar-refractivity contribution >= 4 is 55.1 Å². The highest BCUT2D eigenvalue weighted by molar-refractivity contribution is 9.10. The van der Waals surface area contributed by atoms with Crippen LogP contribution in [0.25, 0.3) is 0 Å². The summed E-state index contributed by atoms with van der Waals surface area (Å²) in [6, 6.07) is 17.9. The lowest BCUT2D eigenvalue weighted by molar-refractivity contribution is -0.140. The van der Waals surface area contributed by atoms with Crippen LogP contribution >= 0.6 is 27.5 Å². The molecule has 0 saturated carbocycles. The minimum absolute atomic E-state index is 0.0438. The maximum absolute atomic E-state index is 14.1. The summed E-state index contributed by atoms with van der Waals surface area (Å²) in [6.45, 7) is 10.4. The van der Waals surface area contributed by atoms with Gasteiger partial charge in [-0.05, 0) is 89.1 Å². The van der Waals surface area contributed by atoms with E-state index < -0.39 is 34.1 Å². The van der Waals surface area contributed by atoms with Crippen LogP contribution in [0.1, 0.15) is 44.4 Å². The number of carbonyl (C=O) groups excluding carboxylic acids is 2. The molecule has 0 aromatic heterocycles. The number of aryl methyl sites for hydroxylation is 2. The fraction of sp³-hybridized carbons (Fsp3) is 0.333. The van der Waals surface area contributed by atoms with Gasteiger partial charge in [0.15, 0.2) is 0 Å². The molecular formula is C30H35BrClN3O4S. The summed E-state index contributed by atoms with van der Waals surface area (Å²) in [5.41, 5.74) is 2.08. The molecule has 10 heteroatoms. The molecule has 0 aliphatic rings. The molecule has 0 bridgehead atoms. The Hall–Kier alpha value is -2.88. The van der Waals surface area contributed by atoms with Gasteiger partial charge in [0.2, 0.25) is 11.8 Å². The molecule has 7 nitrogen and oxygen atoms in total. The van der Waals surface area contributed by atoms with Gasteiger partial charge in [-0.2, -0.15) is 0 Å². The van der Waals surface area contributed by atoms with Crippen molar-refractivity contribution in [1.82, 2.24) is 10.2 Å². The fourth-order valence-electron chi connectivity index (χ4n) is 4.09. The van der Waals surface area contributed by atoms with Crippen molar-refractivity contribution in [2.45, 2.75) is 64.6 Å². The van der Waals surface area contributed by atoms with Crippen molar-refractivity contribution < 1.29 is 18.0 Å². The molecule has 0 fully saturated rings. The third-order valence-electron chi connectivity index (χ3n) is 6.24. The van der Waals surface area contributed by atoms with Gasteiger partial charge in [0, 0.05) is 21.6 Å². The van der Waals surface area contributed by atoms with Crippen LogP contribution < -0.4 is 9.62 Å². The molecule has 0 heterocycles. The van der Waals surface area contributed by atoms with Gasteiger partial charge in [-0.25, -0.2) is 8.42 Å². The Morgan fingerprint density at radius 1 is 1.00 bits per heavy atom. The zero-order valence-electron chi connectivity index (χ0n) is 23.5. The Bertz CT molecular complexity index is 1490. The predicted molar refractivity (Wildman–Crippen MR) is 164 cm³/mol. The van der Waals surface area contributed by atoms with Crippen LogP contribution in [0.4, 0.5) is 5.69 Å². The normalized spacial score (nSPS) is 12.5. The molecule has 0 aliphatic carbocycles. The number of halogens is 2. The van der Waals surface area contributed by atoms with E-state index in [1.165, 1.54) is 23.1 Å². The summed E-state index contributed by atoms with van der Waals surface area (Å²) < 4.78 is 29.9. The van der Waals surface area contributed by atoms with Crippen LogP contribution in [-0.4, -0.2) is 43.3 Å². The topological polar surface area (TPSA) is 86.8 Å². The molecule has 214 valence electrons. The summed E-state index contributed by atoms with van der Waals surface area (Å²) in [6.07, 6.45) is 0. The number of carbonyl (C=O) groups is 2. The van der Waals surface area contributed by atoms with Crippen molar-refractivity contribution in [2.75, 3.05) is 10.8 Å². The van der Waals surface area contributed by atoms with Crippen LogP contribution in [0.3, 0.4) is 0 Å². The fourth-order valence-corrected chi connectivity index (χ4v) is 6.17. The van der Waals surface area contributed by atoms with E-state index in [9.17, 15) is 18.0 Å². The van der Waals surface area contributed by atoms with Crippen molar-refractivity contribution in [3.8, 4) is 0 Å². The molecule has 1 unspecified atom stereocenters. The van der Waals surface area contributed by atoms with Gasteiger partial charge in [-0.3, -0.25) is 13.9 Å². The van der Waals surface area contributed by atoms with Gasteiger partial charge >= 0.3 is 0 Å². The third kappa shape index (κ3) is 8.08. The van der Waals surface area contributed by atoms with Crippen LogP contribution in [-0.2, 0) is 26.2 Å². The standard InChI is InChI=1S/C30H35BrClN3O4S/c1-20-10-14-26(15-11-20)40(38,39)35(27-17-25(32)13-12-21(27)2)19-28(36)34(18-23-8-7-9-24(31)16-23)22(3)29(37)33-30(4,5)6/h7-17,22H,18-19H2,1-6H3,(H,33,37). The number of hydrogen-bond acceptors (Lipinski definition) is 4. The molecule has 40 heavy (non-hydrogen) atoms. The number of anilines is 1. The van der Waals surface area contributed by atoms with Gasteiger partial charge < -0.3 is 10.2 Å². The number of nitrogens with zero attached hydrogens (tertiary/aromatic N) is 2. The molecule has 0 radical (unpaired) electrons. The number of benzene rings is 3. The Balaban J connectivity index is 2.08. The molecule has 0 saturated heterocycles. The van der Waals surface area contributed by atoms with Gasteiger partial charge in [-0.1, -0.05) is 63.4 Å². The first-order chi connectivity index (χ1) is 18.6. The van der Waals surface area contributed by atoms with Gasteiger partial charge in [0.05, 0.1) is 10.6 Å². The van der Waals surface area contributed by atoms with E-state index in [1.54, 1.807) is 38.1 Å². The average Bonchev–Trinajstić information content (AvgIpc) is 2.86. The first kappa shape index (κ1) is 31.6.